The molecule has 1 heteroatoms. The number of rotatable bonds is 2. The summed E-state index contributed by atoms with van der Waals surface area (Å²) < 4.78 is 0. The largest absolute Gasteiger partial charge is 0.295 e. The summed E-state index contributed by atoms with van der Waals surface area (Å²) in [5, 5.41) is 0. The van der Waals surface area contributed by atoms with Gasteiger partial charge in [0.05, 0.1) is 0 Å². The summed E-state index contributed by atoms with van der Waals surface area (Å²) >= 11 is 0. The topological polar surface area (TPSA) is 17.1 Å². The van der Waals surface area contributed by atoms with E-state index in [1.165, 1.54) is 22.3 Å². The molecular weight excluding hydrogens is 232 g/mol. The number of allylic oxidation sites excluding steroid dienone is 1. The van der Waals surface area contributed by atoms with Crippen LogP contribution in [0.4, 0.5) is 0 Å². The average molecular weight is 248 g/mol. The Morgan fingerprint density at radius 3 is 2.47 bits per heavy atom. The highest BCUT2D eigenvalue weighted by Gasteiger charge is 2.13. The van der Waals surface area contributed by atoms with E-state index in [1.54, 1.807) is 6.92 Å². The van der Waals surface area contributed by atoms with E-state index in [0.29, 0.717) is 0 Å². The van der Waals surface area contributed by atoms with Crippen LogP contribution in [-0.2, 0) is 6.42 Å². The predicted octanol–water partition coefficient (Wildman–Crippen LogP) is 4.27. The molecule has 1 nitrogen and oxygen atoms in total. The van der Waals surface area contributed by atoms with Crippen LogP contribution in [0.1, 0.15) is 40.4 Å². The van der Waals surface area contributed by atoms with Gasteiger partial charge < -0.3 is 0 Å². The molecule has 0 spiro atoms. The van der Waals surface area contributed by atoms with E-state index in [1.807, 2.05) is 24.3 Å². The molecule has 0 atom stereocenters. The van der Waals surface area contributed by atoms with Crippen molar-refractivity contribution < 1.29 is 4.79 Å². The first-order valence-electron chi connectivity index (χ1n) is 6.65. The van der Waals surface area contributed by atoms with Crippen LogP contribution in [0.15, 0.2) is 54.6 Å². The Hall–Kier alpha value is -2.15. The molecule has 0 aliphatic heterocycles. The van der Waals surface area contributed by atoms with Gasteiger partial charge in [0.2, 0.25) is 0 Å². The highest BCUT2D eigenvalue weighted by atomic mass is 16.1. The molecule has 1 aliphatic rings. The molecule has 1 aliphatic carbocycles. The first-order valence-corrected chi connectivity index (χ1v) is 6.65. The number of carbonyl (C=O) groups excluding carboxylic acids is 1. The molecule has 0 bridgehead atoms. The Morgan fingerprint density at radius 2 is 1.74 bits per heavy atom. The molecule has 2 aromatic rings. The number of ketones is 1. The van der Waals surface area contributed by atoms with Gasteiger partial charge in [-0.15, -0.1) is 0 Å². The highest BCUT2D eigenvalue weighted by Crippen LogP contribution is 2.31. The van der Waals surface area contributed by atoms with E-state index >= 15 is 0 Å². The Kier molecular flexibility index (Phi) is 3.04. The number of Topliss-reactive ketones (excluding diaryl/α,β-unsaturated/α-hetero) is 1. The van der Waals surface area contributed by atoms with Crippen molar-refractivity contribution in [2.75, 3.05) is 0 Å². The van der Waals surface area contributed by atoms with Gasteiger partial charge in [0.25, 0.3) is 0 Å². The zero-order chi connectivity index (χ0) is 13.2. The molecule has 0 saturated carbocycles. The van der Waals surface area contributed by atoms with Gasteiger partial charge in [-0.05, 0) is 42.0 Å². The lowest BCUT2D eigenvalue weighted by molar-refractivity contribution is 0.101. The summed E-state index contributed by atoms with van der Waals surface area (Å²) in [6.45, 7) is 1.60. The standard InChI is InChI=1S/C18H16O/c1-13(19)14-9-11-16(12-10-14)18-8-4-6-15-5-2-3-7-17(15)18/h2-3,5,7-12H,4,6H2,1H3. The SMILES string of the molecule is CC(=O)c1ccc(C2=CCCc3ccccc32)cc1. The molecule has 0 unspecified atom stereocenters. The summed E-state index contributed by atoms with van der Waals surface area (Å²) in [4.78, 5) is 11.3. The van der Waals surface area contributed by atoms with Gasteiger partial charge in [-0.25, -0.2) is 0 Å². The van der Waals surface area contributed by atoms with E-state index < -0.39 is 0 Å². The zero-order valence-electron chi connectivity index (χ0n) is 11.0. The highest BCUT2D eigenvalue weighted by molar-refractivity contribution is 5.94. The normalized spacial score (nSPS) is 13.6. The van der Waals surface area contributed by atoms with Gasteiger partial charge in [-0.1, -0.05) is 54.6 Å². The molecule has 0 saturated heterocycles. The van der Waals surface area contributed by atoms with Gasteiger partial charge in [0.1, 0.15) is 0 Å². The van der Waals surface area contributed by atoms with E-state index in [0.717, 1.165) is 18.4 Å². The minimum absolute atomic E-state index is 0.115. The van der Waals surface area contributed by atoms with Crippen LogP contribution >= 0.6 is 0 Å². The van der Waals surface area contributed by atoms with Crippen LogP contribution in [0.3, 0.4) is 0 Å². The van der Waals surface area contributed by atoms with Crippen molar-refractivity contribution in [1.82, 2.24) is 0 Å². The average Bonchev–Trinajstić information content (AvgIpc) is 2.47. The second-order valence-electron chi connectivity index (χ2n) is 4.95. The molecule has 0 fully saturated rings. The quantitative estimate of drug-likeness (QED) is 0.725. The second-order valence-corrected chi connectivity index (χ2v) is 4.95. The smallest absolute Gasteiger partial charge is 0.159 e. The summed E-state index contributed by atoms with van der Waals surface area (Å²) in [5.74, 6) is 0.115. The maximum Gasteiger partial charge on any atom is 0.159 e. The third kappa shape index (κ3) is 2.24. The minimum atomic E-state index is 0.115. The molecule has 19 heavy (non-hydrogen) atoms. The Bertz CT molecular complexity index is 648. The maximum atomic E-state index is 11.3. The Labute approximate surface area is 113 Å². The first kappa shape index (κ1) is 11.9. The number of hydrogen-bond donors (Lipinski definition) is 0. The molecule has 0 amide bonds. The van der Waals surface area contributed by atoms with E-state index in [9.17, 15) is 4.79 Å². The van der Waals surface area contributed by atoms with Gasteiger partial charge in [0, 0.05) is 5.56 Å². The fourth-order valence-electron chi connectivity index (χ4n) is 2.64. The lowest BCUT2D eigenvalue weighted by Crippen LogP contribution is -2.01. The lowest BCUT2D eigenvalue weighted by atomic mass is 9.87. The summed E-state index contributed by atoms with van der Waals surface area (Å²) in [6.07, 6.45) is 4.50. The van der Waals surface area contributed by atoms with Crippen molar-refractivity contribution in [2.45, 2.75) is 19.8 Å². The third-order valence-electron chi connectivity index (χ3n) is 3.67. The number of fused-ring (bicyclic) bond motifs is 1. The van der Waals surface area contributed by atoms with Crippen LogP contribution in [-0.4, -0.2) is 5.78 Å². The molecule has 0 radical (unpaired) electrons. The second kappa shape index (κ2) is 4.85. The van der Waals surface area contributed by atoms with Crippen molar-refractivity contribution in [2.24, 2.45) is 0 Å². The maximum absolute atomic E-state index is 11.3. The minimum Gasteiger partial charge on any atom is -0.295 e. The first-order chi connectivity index (χ1) is 9.25. The molecule has 0 heterocycles. The third-order valence-corrected chi connectivity index (χ3v) is 3.67. The summed E-state index contributed by atoms with van der Waals surface area (Å²) in [7, 11) is 0. The number of aryl methyl sites for hydroxylation is 1. The Morgan fingerprint density at radius 1 is 1.00 bits per heavy atom. The molecule has 94 valence electrons. The van der Waals surface area contributed by atoms with Crippen LogP contribution < -0.4 is 0 Å². The summed E-state index contributed by atoms with van der Waals surface area (Å²) in [5.41, 5.74) is 5.99. The van der Waals surface area contributed by atoms with Gasteiger partial charge in [-0.2, -0.15) is 0 Å². The van der Waals surface area contributed by atoms with Crippen LogP contribution in [0.5, 0.6) is 0 Å². The monoisotopic (exact) mass is 248 g/mol. The van der Waals surface area contributed by atoms with Gasteiger partial charge >= 0.3 is 0 Å². The number of hydrogen-bond acceptors (Lipinski definition) is 1. The van der Waals surface area contributed by atoms with Crippen LogP contribution in [0.25, 0.3) is 5.57 Å². The van der Waals surface area contributed by atoms with Crippen LogP contribution in [0.2, 0.25) is 0 Å². The zero-order valence-corrected chi connectivity index (χ0v) is 11.0. The molecule has 0 aromatic heterocycles. The van der Waals surface area contributed by atoms with Gasteiger partial charge in [0.15, 0.2) is 5.78 Å². The van der Waals surface area contributed by atoms with Crippen molar-refractivity contribution in [3.05, 3.63) is 76.9 Å². The number of benzene rings is 2. The van der Waals surface area contributed by atoms with E-state index in [4.69, 9.17) is 0 Å². The van der Waals surface area contributed by atoms with Crippen molar-refractivity contribution >= 4 is 11.4 Å². The van der Waals surface area contributed by atoms with Crippen molar-refractivity contribution in [1.29, 1.82) is 0 Å². The summed E-state index contributed by atoms with van der Waals surface area (Å²) in [6, 6.07) is 16.5. The van der Waals surface area contributed by atoms with Crippen LogP contribution in [0, 0.1) is 0 Å². The molecule has 3 rings (SSSR count). The van der Waals surface area contributed by atoms with Gasteiger partial charge in [-0.3, -0.25) is 4.79 Å². The molecule has 2 aromatic carbocycles. The van der Waals surface area contributed by atoms with E-state index in [-0.39, 0.29) is 5.78 Å². The fraction of sp³-hybridized carbons (Fsp3) is 0.167. The number of carbonyl (C=O) groups is 1. The fourth-order valence-corrected chi connectivity index (χ4v) is 2.64. The molecular formula is C18H16O. The molecule has 0 N–H and O–H groups in total. The van der Waals surface area contributed by atoms with Crippen molar-refractivity contribution in [3.63, 3.8) is 0 Å². The van der Waals surface area contributed by atoms with Crippen molar-refractivity contribution in [3.8, 4) is 0 Å². The Balaban J connectivity index is 2.03. The van der Waals surface area contributed by atoms with E-state index in [2.05, 4.69) is 30.3 Å². The lowest BCUT2D eigenvalue weighted by Gasteiger charge is -2.18. The predicted molar refractivity (Wildman–Crippen MR) is 78.3 cm³/mol.